The Balaban J connectivity index is 1.35. The molecule has 0 saturated carbocycles. The first kappa shape index (κ1) is 22.7. The van der Waals surface area contributed by atoms with Crippen molar-refractivity contribution >= 4 is 18.0 Å². The van der Waals surface area contributed by atoms with E-state index in [4.69, 9.17) is 4.74 Å². The van der Waals surface area contributed by atoms with Crippen LogP contribution in [-0.4, -0.2) is 65.2 Å². The SMILES string of the molecule is O=C(O)CN1CCN(C(=O)OCC2c3ccccc3-c3ccccc32)C(Cc2ccccc2)C1=O. The molecule has 0 spiro atoms. The normalized spacial score (nSPS) is 17.1. The van der Waals surface area contributed by atoms with Crippen LogP contribution in [0.2, 0.25) is 0 Å². The Labute approximate surface area is 203 Å². The molecule has 1 aliphatic carbocycles. The zero-order chi connectivity index (χ0) is 24.4. The minimum Gasteiger partial charge on any atom is -0.480 e. The Morgan fingerprint density at radius 1 is 0.857 bits per heavy atom. The molecule has 1 unspecified atom stereocenters. The maximum Gasteiger partial charge on any atom is 0.410 e. The number of benzene rings is 3. The molecule has 178 valence electrons. The molecule has 7 nitrogen and oxygen atoms in total. The lowest BCUT2D eigenvalue weighted by Crippen LogP contribution is -2.60. The van der Waals surface area contributed by atoms with Gasteiger partial charge in [-0.25, -0.2) is 4.79 Å². The summed E-state index contributed by atoms with van der Waals surface area (Å²) in [6.45, 7) is 0.144. The number of carbonyl (C=O) groups is 3. The minimum absolute atomic E-state index is 0.0806. The van der Waals surface area contributed by atoms with E-state index in [0.717, 1.165) is 27.8 Å². The third-order valence-corrected chi connectivity index (χ3v) is 6.75. The van der Waals surface area contributed by atoms with Crippen LogP contribution in [0.15, 0.2) is 78.9 Å². The van der Waals surface area contributed by atoms with Gasteiger partial charge in [-0.15, -0.1) is 0 Å². The van der Waals surface area contributed by atoms with Crippen LogP contribution >= 0.6 is 0 Å². The highest BCUT2D eigenvalue weighted by Gasteiger charge is 2.39. The van der Waals surface area contributed by atoms with Gasteiger partial charge in [-0.1, -0.05) is 78.9 Å². The van der Waals surface area contributed by atoms with Gasteiger partial charge in [0.1, 0.15) is 19.2 Å². The second-order valence-electron chi connectivity index (χ2n) is 8.86. The Morgan fingerprint density at radius 3 is 2.09 bits per heavy atom. The van der Waals surface area contributed by atoms with Crippen molar-refractivity contribution in [3.05, 3.63) is 95.6 Å². The largest absolute Gasteiger partial charge is 0.480 e. The monoisotopic (exact) mass is 470 g/mol. The van der Waals surface area contributed by atoms with Gasteiger partial charge in [0.05, 0.1) is 0 Å². The van der Waals surface area contributed by atoms with E-state index in [9.17, 15) is 19.5 Å². The summed E-state index contributed by atoms with van der Waals surface area (Å²) in [5, 5.41) is 9.20. The molecule has 1 fully saturated rings. The third-order valence-electron chi connectivity index (χ3n) is 6.75. The average Bonchev–Trinajstić information content (AvgIpc) is 3.19. The van der Waals surface area contributed by atoms with Gasteiger partial charge >= 0.3 is 12.1 Å². The molecule has 5 rings (SSSR count). The smallest absolute Gasteiger partial charge is 0.410 e. The van der Waals surface area contributed by atoms with Crippen LogP contribution in [0.5, 0.6) is 0 Å². The number of carboxylic acids is 1. The van der Waals surface area contributed by atoms with E-state index in [1.165, 1.54) is 9.80 Å². The fourth-order valence-corrected chi connectivity index (χ4v) is 5.09. The molecule has 3 aromatic carbocycles. The van der Waals surface area contributed by atoms with Crippen molar-refractivity contribution in [1.29, 1.82) is 0 Å². The fourth-order valence-electron chi connectivity index (χ4n) is 5.09. The molecule has 0 bridgehead atoms. The van der Waals surface area contributed by atoms with Crippen LogP contribution in [-0.2, 0) is 20.7 Å². The summed E-state index contributed by atoms with van der Waals surface area (Å²) >= 11 is 0. The number of hydrogen-bond acceptors (Lipinski definition) is 4. The first-order valence-electron chi connectivity index (χ1n) is 11.7. The highest BCUT2D eigenvalue weighted by Crippen LogP contribution is 2.44. The summed E-state index contributed by atoms with van der Waals surface area (Å²) in [5.74, 6) is -1.54. The second kappa shape index (κ2) is 9.62. The molecule has 1 N–H and O–H groups in total. The number of piperazine rings is 1. The Hall–Kier alpha value is -4.13. The van der Waals surface area contributed by atoms with E-state index in [2.05, 4.69) is 24.3 Å². The van der Waals surface area contributed by atoms with E-state index < -0.39 is 18.1 Å². The highest BCUT2D eigenvalue weighted by molar-refractivity contribution is 5.89. The van der Waals surface area contributed by atoms with E-state index >= 15 is 0 Å². The van der Waals surface area contributed by atoms with Crippen molar-refractivity contribution in [3.8, 4) is 11.1 Å². The predicted octanol–water partition coefficient (Wildman–Crippen LogP) is 3.78. The van der Waals surface area contributed by atoms with Gasteiger partial charge in [-0.05, 0) is 27.8 Å². The van der Waals surface area contributed by atoms with Gasteiger partial charge in [0.25, 0.3) is 0 Å². The maximum atomic E-state index is 13.3. The van der Waals surface area contributed by atoms with Gasteiger partial charge in [0.15, 0.2) is 0 Å². The van der Waals surface area contributed by atoms with E-state index in [-0.39, 0.29) is 38.1 Å². The topological polar surface area (TPSA) is 87.2 Å². The minimum atomic E-state index is -1.08. The average molecular weight is 471 g/mol. The summed E-state index contributed by atoms with van der Waals surface area (Å²) in [4.78, 5) is 40.4. The van der Waals surface area contributed by atoms with Crippen LogP contribution in [0, 0.1) is 0 Å². The standard InChI is InChI=1S/C28H26N2O5/c31-26(32)17-29-14-15-30(25(27(29)33)16-19-8-2-1-3-9-19)28(34)35-18-24-22-12-6-4-10-20(22)21-11-5-7-13-23(21)24/h1-13,24-25H,14-18H2,(H,31,32). The Bertz CT molecular complexity index is 1210. The number of fused-ring (bicyclic) bond motifs is 3. The summed E-state index contributed by atoms with van der Waals surface area (Å²) in [6, 6.07) is 24.8. The molecule has 7 heteroatoms. The lowest BCUT2D eigenvalue weighted by Gasteiger charge is -2.39. The van der Waals surface area contributed by atoms with Crippen molar-refractivity contribution in [3.63, 3.8) is 0 Å². The van der Waals surface area contributed by atoms with Crippen molar-refractivity contribution in [2.75, 3.05) is 26.2 Å². The summed E-state index contributed by atoms with van der Waals surface area (Å²) in [6.07, 6.45) is -0.267. The number of nitrogens with zero attached hydrogens (tertiary/aromatic N) is 2. The molecule has 1 atom stereocenters. The third kappa shape index (κ3) is 4.49. The van der Waals surface area contributed by atoms with Crippen molar-refractivity contribution in [2.45, 2.75) is 18.4 Å². The number of amides is 2. The quantitative estimate of drug-likeness (QED) is 0.593. The van der Waals surface area contributed by atoms with E-state index in [0.29, 0.717) is 6.42 Å². The van der Waals surface area contributed by atoms with Gasteiger partial charge in [-0.3, -0.25) is 14.5 Å². The number of hydrogen-bond donors (Lipinski definition) is 1. The Kier molecular flexibility index (Phi) is 6.23. The van der Waals surface area contributed by atoms with Crippen LogP contribution in [0.1, 0.15) is 22.6 Å². The molecule has 0 radical (unpaired) electrons. The first-order valence-corrected chi connectivity index (χ1v) is 11.7. The first-order chi connectivity index (χ1) is 17.0. The molecule has 2 amide bonds. The molecule has 35 heavy (non-hydrogen) atoms. The van der Waals surface area contributed by atoms with E-state index in [1.54, 1.807) is 0 Å². The second-order valence-corrected chi connectivity index (χ2v) is 8.86. The number of carboxylic acid groups (broad SMARTS) is 1. The van der Waals surface area contributed by atoms with Crippen LogP contribution < -0.4 is 0 Å². The number of rotatable bonds is 6. The van der Waals surface area contributed by atoms with Gasteiger partial charge < -0.3 is 14.7 Å². The molecule has 1 heterocycles. The zero-order valence-corrected chi connectivity index (χ0v) is 19.2. The Morgan fingerprint density at radius 2 is 1.46 bits per heavy atom. The lowest BCUT2D eigenvalue weighted by molar-refractivity contribution is -0.149. The molecular weight excluding hydrogens is 444 g/mol. The van der Waals surface area contributed by atoms with Crippen LogP contribution in [0.3, 0.4) is 0 Å². The molecular formula is C28H26N2O5. The van der Waals surface area contributed by atoms with Crippen molar-refractivity contribution in [2.24, 2.45) is 0 Å². The van der Waals surface area contributed by atoms with Crippen molar-refractivity contribution < 1.29 is 24.2 Å². The maximum absolute atomic E-state index is 13.3. The number of ether oxygens (including phenoxy) is 1. The fraction of sp³-hybridized carbons (Fsp3) is 0.250. The van der Waals surface area contributed by atoms with Crippen LogP contribution in [0.4, 0.5) is 4.79 Å². The zero-order valence-electron chi connectivity index (χ0n) is 19.2. The van der Waals surface area contributed by atoms with Crippen molar-refractivity contribution in [1.82, 2.24) is 9.80 Å². The predicted molar refractivity (Wildman–Crippen MR) is 130 cm³/mol. The lowest BCUT2D eigenvalue weighted by atomic mass is 9.98. The molecule has 1 saturated heterocycles. The summed E-state index contributed by atoms with van der Waals surface area (Å²) in [5.41, 5.74) is 5.40. The molecule has 0 aromatic heterocycles. The molecule has 2 aliphatic rings. The highest BCUT2D eigenvalue weighted by atomic mass is 16.6. The summed E-state index contributed by atoms with van der Waals surface area (Å²) in [7, 11) is 0. The molecule has 1 aliphatic heterocycles. The van der Waals surface area contributed by atoms with Gasteiger partial charge in [0, 0.05) is 25.4 Å². The van der Waals surface area contributed by atoms with Gasteiger partial charge in [-0.2, -0.15) is 0 Å². The van der Waals surface area contributed by atoms with Gasteiger partial charge in [0.2, 0.25) is 5.91 Å². The summed E-state index contributed by atoms with van der Waals surface area (Å²) < 4.78 is 5.81. The number of aliphatic carboxylic acids is 1. The molecule has 3 aromatic rings. The van der Waals surface area contributed by atoms with E-state index in [1.807, 2.05) is 54.6 Å². The van der Waals surface area contributed by atoms with Crippen LogP contribution in [0.25, 0.3) is 11.1 Å². The number of carbonyl (C=O) groups excluding carboxylic acids is 2.